The first kappa shape index (κ1) is 18.8. The largest absolute Gasteiger partial charge is 0.352 e. The molecule has 0 bridgehead atoms. The quantitative estimate of drug-likeness (QED) is 0.502. The summed E-state index contributed by atoms with van der Waals surface area (Å²) in [6.07, 6.45) is 3.59. The average Bonchev–Trinajstić information content (AvgIpc) is 3.11. The minimum Gasteiger partial charge on any atom is -0.352 e. The molecule has 1 saturated heterocycles. The van der Waals surface area contributed by atoms with E-state index in [-0.39, 0.29) is 0 Å². The van der Waals surface area contributed by atoms with Crippen LogP contribution in [0.2, 0.25) is 0 Å². The van der Waals surface area contributed by atoms with Crippen LogP contribution < -0.4 is 9.80 Å². The van der Waals surface area contributed by atoms with Crippen LogP contribution in [0.3, 0.4) is 0 Å². The van der Waals surface area contributed by atoms with E-state index in [1.807, 2.05) is 32.9 Å². The van der Waals surface area contributed by atoms with Crippen molar-refractivity contribution in [3.8, 4) is 10.6 Å². The Kier molecular flexibility index (Phi) is 4.74. The van der Waals surface area contributed by atoms with Gasteiger partial charge in [-0.05, 0) is 39.0 Å². The van der Waals surface area contributed by atoms with Crippen LogP contribution in [0.15, 0.2) is 30.6 Å². The Hall–Kier alpha value is -3.20. The Balaban J connectivity index is 1.32. The van der Waals surface area contributed by atoms with Gasteiger partial charge in [0.2, 0.25) is 0 Å². The molecule has 0 saturated carbocycles. The van der Waals surface area contributed by atoms with Gasteiger partial charge in [0.1, 0.15) is 17.3 Å². The molecule has 0 atom stereocenters. The molecule has 1 aliphatic rings. The smallest absolute Gasteiger partial charge is 0.151 e. The standard InChI is InChI=1S/C21H22N8S/c1-13-20(30-15(3)23-13)17-4-5-19(27-26-17)28-8-10-29(11-9-28)21-16-6-7-22-12-18(16)24-14(2)25-21/h4-7,12H,8-11H2,1-3H3. The van der Waals surface area contributed by atoms with E-state index in [1.54, 1.807) is 23.7 Å². The number of piperazine rings is 1. The van der Waals surface area contributed by atoms with Gasteiger partial charge in [-0.15, -0.1) is 21.5 Å². The van der Waals surface area contributed by atoms with Crippen LogP contribution in [0.1, 0.15) is 16.5 Å². The Morgan fingerprint density at radius 3 is 2.37 bits per heavy atom. The first-order valence-corrected chi connectivity index (χ1v) is 10.8. The number of hydrogen-bond acceptors (Lipinski definition) is 9. The molecule has 1 aliphatic heterocycles. The number of aryl methyl sites for hydroxylation is 3. The van der Waals surface area contributed by atoms with Gasteiger partial charge in [0.15, 0.2) is 5.82 Å². The number of rotatable bonds is 3. The number of thiazole rings is 1. The van der Waals surface area contributed by atoms with Crippen molar-refractivity contribution in [2.45, 2.75) is 20.8 Å². The summed E-state index contributed by atoms with van der Waals surface area (Å²) in [6, 6.07) is 6.09. The predicted octanol–water partition coefficient (Wildman–Crippen LogP) is 3.19. The van der Waals surface area contributed by atoms with Crippen molar-refractivity contribution in [2.24, 2.45) is 0 Å². The van der Waals surface area contributed by atoms with Crippen LogP contribution in [0.25, 0.3) is 21.5 Å². The molecule has 0 radical (unpaired) electrons. The fourth-order valence-electron chi connectivity index (χ4n) is 3.85. The minimum atomic E-state index is 0.767. The maximum atomic E-state index is 4.71. The van der Waals surface area contributed by atoms with Crippen molar-refractivity contribution >= 4 is 33.9 Å². The third-order valence-corrected chi connectivity index (χ3v) is 6.38. The lowest BCUT2D eigenvalue weighted by Gasteiger charge is -2.36. The van der Waals surface area contributed by atoms with E-state index in [0.29, 0.717) is 0 Å². The van der Waals surface area contributed by atoms with Crippen LogP contribution >= 0.6 is 11.3 Å². The number of aromatic nitrogens is 6. The van der Waals surface area contributed by atoms with Crippen LogP contribution in [-0.4, -0.2) is 56.3 Å². The molecule has 5 heterocycles. The third kappa shape index (κ3) is 3.45. The zero-order chi connectivity index (χ0) is 20.7. The van der Waals surface area contributed by atoms with Crippen molar-refractivity contribution < 1.29 is 0 Å². The lowest BCUT2D eigenvalue weighted by atomic mass is 10.2. The molecule has 4 aromatic heterocycles. The lowest BCUT2D eigenvalue weighted by molar-refractivity contribution is 0.639. The highest BCUT2D eigenvalue weighted by Gasteiger charge is 2.22. The van der Waals surface area contributed by atoms with Gasteiger partial charge in [-0.2, -0.15) is 0 Å². The fourth-order valence-corrected chi connectivity index (χ4v) is 4.73. The van der Waals surface area contributed by atoms with E-state index in [1.165, 1.54) is 0 Å². The van der Waals surface area contributed by atoms with E-state index in [4.69, 9.17) is 4.98 Å². The van der Waals surface area contributed by atoms with E-state index in [2.05, 4.69) is 41.0 Å². The van der Waals surface area contributed by atoms with Crippen molar-refractivity contribution in [2.75, 3.05) is 36.0 Å². The molecular weight excluding hydrogens is 396 g/mol. The molecule has 152 valence electrons. The number of hydrogen-bond donors (Lipinski definition) is 0. The van der Waals surface area contributed by atoms with E-state index in [0.717, 1.165) is 75.8 Å². The van der Waals surface area contributed by atoms with Gasteiger partial charge in [0, 0.05) is 37.8 Å². The zero-order valence-corrected chi connectivity index (χ0v) is 18.0. The molecule has 5 rings (SSSR count). The molecule has 4 aromatic rings. The van der Waals surface area contributed by atoms with Gasteiger partial charge >= 0.3 is 0 Å². The second-order valence-electron chi connectivity index (χ2n) is 7.39. The molecule has 0 amide bonds. The molecule has 8 nitrogen and oxygen atoms in total. The summed E-state index contributed by atoms with van der Waals surface area (Å²) in [7, 11) is 0. The third-order valence-electron chi connectivity index (χ3n) is 5.28. The van der Waals surface area contributed by atoms with Crippen molar-refractivity contribution in [3.05, 3.63) is 47.1 Å². The molecule has 0 aromatic carbocycles. The number of anilines is 2. The molecule has 1 fully saturated rings. The normalized spacial score (nSPS) is 14.5. The van der Waals surface area contributed by atoms with Crippen LogP contribution in [-0.2, 0) is 0 Å². The summed E-state index contributed by atoms with van der Waals surface area (Å²) in [4.78, 5) is 23.6. The maximum absolute atomic E-state index is 4.71. The van der Waals surface area contributed by atoms with Crippen LogP contribution in [0, 0.1) is 20.8 Å². The summed E-state index contributed by atoms with van der Waals surface area (Å²) < 4.78 is 0. The van der Waals surface area contributed by atoms with Gasteiger partial charge in [0.05, 0.1) is 27.3 Å². The number of nitrogens with zero attached hydrogens (tertiary/aromatic N) is 8. The molecule has 0 aliphatic carbocycles. The number of pyridine rings is 1. The van der Waals surface area contributed by atoms with Crippen molar-refractivity contribution in [1.82, 2.24) is 30.1 Å². The summed E-state index contributed by atoms with van der Waals surface area (Å²) in [5, 5.41) is 11.1. The summed E-state index contributed by atoms with van der Waals surface area (Å²) >= 11 is 1.66. The second-order valence-corrected chi connectivity index (χ2v) is 8.59. The monoisotopic (exact) mass is 418 g/mol. The molecular formula is C21H22N8S. The highest BCUT2D eigenvalue weighted by Crippen LogP contribution is 2.29. The van der Waals surface area contributed by atoms with Crippen molar-refractivity contribution in [3.63, 3.8) is 0 Å². The average molecular weight is 419 g/mol. The highest BCUT2D eigenvalue weighted by atomic mass is 32.1. The highest BCUT2D eigenvalue weighted by molar-refractivity contribution is 7.15. The second kappa shape index (κ2) is 7.56. The maximum Gasteiger partial charge on any atom is 0.151 e. The fraction of sp³-hybridized carbons (Fsp3) is 0.333. The van der Waals surface area contributed by atoms with Crippen LogP contribution in [0.5, 0.6) is 0 Å². The Morgan fingerprint density at radius 1 is 0.867 bits per heavy atom. The molecule has 9 heteroatoms. The van der Waals surface area contributed by atoms with Crippen LogP contribution in [0.4, 0.5) is 11.6 Å². The van der Waals surface area contributed by atoms with Gasteiger partial charge < -0.3 is 9.80 Å². The van der Waals surface area contributed by atoms with E-state index >= 15 is 0 Å². The minimum absolute atomic E-state index is 0.767. The zero-order valence-electron chi connectivity index (χ0n) is 17.2. The van der Waals surface area contributed by atoms with Gasteiger partial charge in [0.25, 0.3) is 0 Å². The Bertz CT molecular complexity index is 1200. The molecule has 0 N–H and O–H groups in total. The molecule has 0 unspecified atom stereocenters. The topological polar surface area (TPSA) is 83.8 Å². The first-order valence-electron chi connectivity index (χ1n) is 9.95. The summed E-state index contributed by atoms with van der Waals surface area (Å²) in [6.45, 7) is 9.42. The Labute approximate surface area is 178 Å². The Morgan fingerprint density at radius 2 is 1.67 bits per heavy atom. The van der Waals surface area contributed by atoms with Crippen molar-refractivity contribution in [1.29, 1.82) is 0 Å². The van der Waals surface area contributed by atoms with Gasteiger partial charge in [-0.1, -0.05) is 0 Å². The van der Waals surface area contributed by atoms with E-state index in [9.17, 15) is 0 Å². The summed E-state index contributed by atoms with van der Waals surface area (Å²) in [5.74, 6) is 2.66. The predicted molar refractivity (Wildman–Crippen MR) is 119 cm³/mol. The van der Waals surface area contributed by atoms with Gasteiger partial charge in [-0.3, -0.25) is 4.98 Å². The number of fused-ring (bicyclic) bond motifs is 1. The first-order chi connectivity index (χ1) is 14.6. The molecule has 0 spiro atoms. The summed E-state index contributed by atoms with van der Waals surface area (Å²) in [5.41, 5.74) is 2.78. The lowest BCUT2D eigenvalue weighted by Crippen LogP contribution is -2.47. The van der Waals surface area contributed by atoms with E-state index < -0.39 is 0 Å². The SMILES string of the molecule is Cc1nc(N2CCN(c3ccc(-c4sc(C)nc4C)nn3)CC2)c2ccncc2n1. The molecule has 30 heavy (non-hydrogen) atoms. The van der Waals surface area contributed by atoms with Gasteiger partial charge in [-0.25, -0.2) is 15.0 Å².